The molecule has 5 rings (SSSR count). The molecule has 5 N–H and O–H groups in total. The van der Waals surface area contributed by atoms with Crippen LogP contribution in [0.2, 0.25) is 0 Å². The molecule has 0 amide bonds. The van der Waals surface area contributed by atoms with Gasteiger partial charge in [-0.05, 0) is 63.0 Å². The quantitative estimate of drug-likeness (QED) is 0.110. The highest BCUT2D eigenvalue weighted by Crippen LogP contribution is 2.32. The summed E-state index contributed by atoms with van der Waals surface area (Å²) in [6.07, 6.45) is 26.1. The molecule has 2 fully saturated rings. The molecule has 0 aromatic rings. The molecule has 14 atom stereocenters. The Balaban J connectivity index is 1.50. The van der Waals surface area contributed by atoms with Crippen LogP contribution in [0.4, 0.5) is 0 Å². The zero-order chi connectivity index (χ0) is 41.3. The van der Waals surface area contributed by atoms with Crippen molar-refractivity contribution in [1.29, 1.82) is 0 Å². The molecule has 5 aliphatic heterocycles. The van der Waals surface area contributed by atoms with Gasteiger partial charge in [0.2, 0.25) is 0 Å². The summed E-state index contributed by atoms with van der Waals surface area (Å²) in [7, 11) is 0. The average Bonchev–Trinajstić information content (AvgIpc) is 3.17. The van der Waals surface area contributed by atoms with Crippen molar-refractivity contribution in [2.75, 3.05) is 0 Å². The van der Waals surface area contributed by atoms with Gasteiger partial charge in [0.1, 0.15) is 18.3 Å². The molecule has 57 heavy (non-hydrogen) atoms. The molecule has 316 valence electrons. The van der Waals surface area contributed by atoms with Crippen LogP contribution in [0.25, 0.3) is 0 Å². The molecule has 0 aromatic heterocycles. The van der Waals surface area contributed by atoms with E-state index in [1.807, 2.05) is 75.5 Å². The van der Waals surface area contributed by atoms with Gasteiger partial charge in [0, 0.05) is 37.2 Å². The van der Waals surface area contributed by atoms with Gasteiger partial charge >= 0.3 is 11.9 Å². The standard InChI is InChI=1S/C46H66O11/c1-30(17-14-15-23-43(50)51)27-31(2)46-41-26-25-34(55-46)18-10-6-5-7-12-20-36(47)45(53)42-29-38(49)33(4)40(56-42)22-16-21-39-32(3)37(48)28-35(54-39)19-11-8-9-13-24-44(52)57-41/h6,8-13,16,19-21,24-27,30,32-42,45-49,53H,5,7,14-15,17-18,22-23,28-29H2,1-4H3,(H,50,51)/b9-8+,10-6+,19-11+,20-12+,21-16+,24-13-,31-27+/t30-,32-,33-,34+,35+,36+,37-,38+,39+,40-,41-,42-,45-,46-/m1/s1. The smallest absolute Gasteiger partial charge is 0.331 e. The lowest BCUT2D eigenvalue weighted by Crippen LogP contribution is -2.50. The topological polar surface area (TPSA) is 172 Å². The molecule has 0 spiro atoms. The minimum absolute atomic E-state index is 0.139. The van der Waals surface area contributed by atoms with Gasteiger partial charge in [-0.1, -0.05) is 106 Å². The zero-order valence-corrected chi connectivity index (χ0v) is 34.0. The molecule has 2 saturated heterocycles. The van der Waals surface area contributed by atoms with E-state index in [1.165, 1.54) is 6.08 Å². The Morgan fingerprint density at radius 3 is 2.32 bits per heavy atom. The average molecular weight is 795 g/mol. The van der Waals surface area contributed by atoms with Crippen molar-refractivity contribution in [2.45, 2.75) is 159 Å². The summed E-state index contributed by atoms with van der Waals surface area (Å²) in [5, 5.41) is 52.4. The van der Waals surface area contributed by atoms with Gasteiger partial charge in [0.25, 0.3) is 0 Å². The van der Waals surface area contributed by atoms with Gasteiger partial charge in [-0.25, -0.2) is 4.79 Å². The summed E-state index contributed by atoms with van der Waals surface area (Å²) in [5.41, 5.74) is 0.933. The largest absolute Gasteiger partial charge is 0.481 e. The highest BCUT2D eigenvalue weighted by molar-refractivity contribution is 5.82. The van der Waals surface area contributed by atoms with Crippen LogP contribution < -0.4 is 0 Å². The highest BCUT2D eigenvalue weighted by atomic mass is 16.6. The van der Waals surface area contributed by atoms with Crippen LogP contribution >= 0.6 is 0 Å². The molecule has 0 unspecified atom stereocenters. The second-order valence-electron chi connectivity index (χ2n) is 16.1. The van der Waals surface area contributed by atoms with E-state index < -0.39 is 54.7 Å². The summed E-state index contributed by atoms with van der Waals surface area (Å²) < 4.78 is 24.9. The number of hydrogen-bond acceptors (Lipinski definition) is 10. The number of fused-ring (bicyclic) bond motifs is 12. The number of ether oxygens (including phenoxy) is 4. The van der Waals surface area contributed by atoms with E-state index in [0.717, 1.165) is 18.4 Å². The van der Waals surface area contributed by atoms with Crippen molar-refractivity contribution in [1.82, 2.24) is 0 Å². The van der Waals surface area contributed by atoms with Crippen LogP contribution in [0.5, 0.6) is 0 Å². The van der Waals surface area contributed by atoms with E-state index in [4.69, 9.17) is 24.1 Å². The number of hydrogen-bond donors (Lipinski definition) is 5. The summed E-state index contributed by atoms with van der Waals surface area (Å²) in [5.74, 6) is -1.44. The molecule has 5 heterocycles. The van der Waals surface area contributed by atoms with Crippen molar-refractivity contribution in [3.8, 4) is 0 Å². The van der Waals surface area contributed by atoms with Gasteiger partial charge in [-0.3, -0.25) is 4.79 Å². The number of aliphatic hydroxyl groups is 4. The van der Waals surface area contributed by atoms with Crippen molar-refractivity contribution >= 4 is 11.9 Å². The van der Waals surface area contributed by atoms with Crippen LogP contribution in [0.15, 0.2) is 96.7 Å². The SMILES string of the molecule is C/C(=C\[C@H](C)CCCCC(=O)O)[C@H]1O[C@@H]2C=C[C@H]1OC(=O)\C=C/C=C/C=C/[C@H]1C[C@@H](O)[C@@H](C)[C@H](/C=C/C[C@H]3O[C@H](C[C@H](O)[C@H]3C)[C@H](O)[C@@H](O)/C=C/CC/C=C/C2)O1. The van der Waals surface area contributed by atoms with Crippen LogP contribution in [-0.4, -0.2) is 105 Å². The first-order valence-electron chi connectivity index (χ1n) is 20.8. The Hall–Kier alpha value is -3.42. The van der Waals surface area contributed by atoms with Crippen molar-refractivity contribution in [2.24, 2.45) is 17.8 Å². The van der Waals surface area contributed by atoms with Crippen LogP contribution in [0.3, 0.4) is 0 Å². The predicted octanol–water partition coefficient (Wildman–Crippen LogP) is 6.39. The Bertz CT molecular complexity index is 1510. The Morgan fingerprint density at radius 1 is 0.772 bits per heavy atom. The number of allylic oxidation sites excluding steroid dienone is 7. The van der Waals surface area contributed by atoms with Crippen molar-refractivity contribution in [3.63, 3.8) is 0 Å². The Morgan fingerprint density at radius 2 is 1.53 bits per heavy atom. The minimum atomic E-state index is -1.21. The first-order chi connectivity index (χ1) is 27.3. The maximum atomic E-state index is 12.9. The second kappa shape index (κ2) is 23.9. The molecule has 0 aliphatic carbocycles. The summed E-state index contributed by atoms with van der Waals surface area (Å²) in [6.45, 7) is 7.91. The first kappa shape index (κ1) is 46.3. The molecule has 11 heteroatoms. The van der Waals surface area contributed by atoms with Crippen molar-refractivity contribution < 1.29 is 54.1 Å². The molecule has 0 aromatic carbocycles. The van der Waals surface area contributed by atoms with Gasteiger partial charge < -0.3 is 44.5 Å². The molecule has 6 bridgehead atoms. The first-order valence-corrected chi connectivity index (χ1v) is 20.8. The normalized spacial score (nSPS) is 40.2. The van der Waals surface area contributed by atoms with Crippen LogP contribution in [-0.2, 0) is 28.5 Å². The number of rotatable bonds is 7. The summed E-state index contributed by atoms with van der Waals surface area (Å²) in [4.78, 5) is 23.9. The number of carbonyl (C=O) groups excluding carboxylic acids is 1. The lowest BCUT2D eigenvalue weighted by atomic mass is 9.85. The van der Waals surface area contributed by atoms with Crippen molar-refractivity contribution in [3.05, 3.63) is 96.7 Å². The predicted molar refractivity (Wildman–Crippen MR) is 219 cm³/mol. The van der Waals surface area contributed by atoms with E-state index in [2.05, 4.69) is 13.0 Å². The number of esters is 1. The highest BCUT2D eigenvalue weighted by Gasteiger charge is 2.39. The Kier molecular flexibility index (Phi) is 19.4. The number of unbranched alkanes of at least 4 members (excludes halogenated alkanes) is 1. The van der Waals surface area contributed by atoms with E-state index in [1.54, 1.807) is 24.3 Å². The summed E-state index contributed by atoms with van der Waals surface area (Å²) >= 11 is 0. The number of aliphatic hydroxyl groups excluding tert-OH is 4. The van der Waals surface area contributed by atoms with E-state index in [0.29, 0.717) is 38.5 Å². The van der Waals surface area contributed by atoms with Gasteiger partial charge in [-0.2, -0.15) is 0 Å². The van der Waals surface area contributed by atoms with E-state index in [-0.39, 0.29) is 55.0 Å². The maximum Gasteiger partial charge on any atom is 0.331 e. The molecular weight excluding hydrogens is 728 g/mol. The fraction of sp³-hybridized carbons (Fsp3) is 0.609. The molecular formula is C46H66O11. The third-order valence-corrected chi connectivity index (χ3v) is 11.3. The number of carboxylic acids is 1. The van der Waals surface area contributed by atoms with Crippen LogP contribution in [0.1, 0.15) is 91.9 Å². The number of carboxylic acid groups (broad SMARTS) is 1. The molecule has 11 nitrogen and oxygen atoms in total. The number of carbonyl (C=O) groups is 2. The third kappa shape index (κ3) is 15.4. The second-order valence-corrected chi connectivity index (χ2v) is 16.1. The fourth-order valence-corrected chi connectivity index (χ4v) is 7.69. The van der Waals surface area contributed by atoms with E-state index in [9.17, 15) is 30.0 Å². The maximum absolute atomic E-state index is 12.9. The van der Waals surface area contributed by atoms with Crippen LogP contribution in [0, 0.1) is 17.8 Å². The summed E-state index contributed by atoms with van der Waals surface area (Å²) in [6, 6.07) is 0. The van der Waals surface area contributed by atoms with Gasteiger partial charge in [-0.15, -0.1) is 0 Å². The lowest BCUT2D eigenvalue weighted by Gasteiger charge is -2.40. The molecule has 0 saturated carbocycles. The Labute approximate surface area is 338 Å². The van der Waals surface area contributed by atoms with Gasteiger partial charge in [0.15, 0.2) is 6.10 Å². The monoisotopic (exact) mass is 794 g/mol. The third-order valence-electron chi connectivity index (χ3n) is 11.3. The minimum Gasteiger partial charge on any atom is -0.481 e. The lowest BCUT2D eigenvalue weighted by molar-refractivity contribution is -0.175. The van der Waals surface area contributed by atoms with Gasteiger partial charge in [0.05, 0.1) is 42.7 Å². The van der Waals surface area contributed by atoms with E-state index >= 15 is 0 Å². The molecule has 5 aliphatic rings. The number of aliphatic carboxylic acids is 1. The molecule has 0 radical (unpaired) electrons. The zero-order valence-electron chi connectivity index (χ0n) is 34.0. The fourth-order valence-electron chi connectivity index (χ4n) is 7.69.